The Morgan fingerprint density at radius 3 is 2.45 bits per heavy atom. The van der Waals surface area contributed by atoms with Gasteiger partial charge in [0.15, 0.2) is 0 Å². The number of hydrogen-bond acceptors (Lipinski definition) is 5. The van der Waals surface area contributed by atoms with Gasteiger partial charge in [-0.15, -0.1) is 0 Å². The number of carboxylic acid groups (broad SMARTS) is 1. The Labute approximate surface area is 187 Å². The second kappa shape index (κ2) is 9.13. The number of aliphatic carboxylic acids is 1. The number of fused-ring (bicyclic) bond motifs is 2. The van der Waals surface area contributed by atoms with Gasteiger partial charge in [-0.2, -0.15) is 13.2 Å². The number of pyridine rings is 1. The first kappa shape index (κ1) is 22.6. The van der Waals surface area contributed by atoms with Crippen molar-refractivity contribution in [2.45, 2.75) is 37.8 Å². The first-order chi connectivity index (χ1) is 15.7. The van der Waals surface area contributed by atoms with E-state index in [2.05, 4.69) is 15.0 Å². The first-order valence-electron chi connectivity index (χ1n) is 10.5. The Morgan fingerprint density at radius 2 is 1.76 bits per heavy atom. The zero-order chi connectivity index (χ0) is 23.6. The molecule has 1 aliphatic heterocycles. The Balaban J connectivity index is 0.000000325. The van der Waals surface area contributed by atoms with Gasteiger partial charge < -0.3 is 10.0 Å². The van der Waals surface area contributed by atoms with Crippen molar-refractivity contribution in [3.63, 3.8) is 0 Å². The van der Waals surface area contributed by atoms with E-state index in [0.717, 1.165) is 41.5 Å². The van der Waals surface area contributed by atoms with Crippen molar-refractivity contribution in [1.29, 1.82) is 0 Å². The molecule has 0 saturated heterocycles. The third kappa shape index (κ3) is 5.27. The zero-order valence-corrected chi connectivity index (χ0v) is 17.5. The van der Waals surface area contributed by atoms with E-state index in [1.54, 1.807) is 12.5 Å². The minimum atomic E-state index is -5.08. The number of carbonyl (C=O) groups is 2. The van der Waals surface area contributed by atoms with Crippen LogP contribution in [0.4, 0.5) is 13.2 Å². The van der Waals surface area contributed by atoms with Gasteiger partial charge in [0.25, 0.3) is 5.91 Å². The number of nitrogens with zero attached hydrogens (tertiary/aromatic N) is 4. The smallest absolute Gasteiger partial charge is 0.475 e. The van der Waals surface area contributed by atoms with Gasteiger partial charge in [0.2, 0.25) is 0 Å². The van der Waals surface area contributed by atoms with Gasteiger partial charge in [-0.05, 0) is 49.1 Å². The molecule has 0 unspecified atom stereocenters. The standard InChI is InChI=1S/C21H20N4O.C2HF3O2/c26-21(16-5-6-18-15(12-16)2-1-9-22-18)25-10-7-17-19(8-11-25)23-13-24-20(17)14-3-4-14;3-2(4,5)1(6)7/h1-2,5-6,9,12-14H,3-4,7-8,10-11H2;(H,6,7). The van der Waals surface area contributed by atoms with Gasteiger partial charge in [0, 0.05) is 48.3 Å². The van der Waals surface area contributed by atoms with E-state index >= 15 is 0 Å². The van der Waals surface area contributed by atoms with Crippen LogP contribution in [0, 0.1) is 0 Å². The lowest BCUT2D eigenvalue weighted by atomic mass is 10.0. The highest BCUT2D eigenvalue weighted by molar-refractivity contribution is 5.98. The number of alkyl halides is 3. The summed E-state index contributed by atoms with van der Waals surface area (Å²) in [7, 11) is 0. The van der Waals surface area contributed by atoms with Gasteiger partial charge in [-0.3, -0.25) is 9.78 Å². The van der Waals surface area contributed by atoms with Crippen LogP contribution in [0.25, 0.3) is 10.9 Å². The third-order valence-electron chi connectivity index (χ3n) is 5.66. The van der Waals surface area contributed by atoms with Crippen LogP contribution in [0.1, 0.15) is 46.1 Å². The molecule has 2 aromatic heterocycles. The zero-order valence-electron chi connectivity index (χ0n) is 17.5. The molecule has 3 heterocycles. The van der Waals surface area contributed by atoms with Crippen molar-refractivity contribution in [3.05, 3.63) is 65.4 Å². The topological polar surface area (TPSA) is 96.3 Å². The predicted octanol–water partition coefficient (Wildman–Crippen LogP) is 3.78. The lowest BCUT2D eigenvalue weighted by Gasteiger charge is -2.20. The molecular formula is C23H21F3N4O3. The fourth-order valence-corrected chi connectivity index (χ4v) is 3.85. The highest BCUT2D eigenvalue weighted by Gasteiger charge is 2.38. The van der Waals surface area contributed by atoms with E-state index in [1.807, 2.05) is 35.2 Å². The van der Waals surface area contributed by atoms with Gasteiger partial charge in [0.1, 0.15) is 6.33 Å². The lowest BCUT2D eigenvalue weighted by Crippen LogP contribution is -2.33. The van der Waals surface area contributed by atoms with E-state index in [-0.39, 0.29) is 5.91 Å². The lowest BCUT2D eigenvalue weighted by molar-refractivity contribution is -0.192. The molecule has 0 atom stereocenters. The maximum atomic E-state index is 13.0. The summed E-state index contributed by atoms with van der Waals surface area (Å²) < 4.78 is 31.7. The number of amides is 1. The average Bonchev–Trinajstić information content (AvgIpc) is 3.65. The highest BCUT2D eigenvalue weighted by atomic mass is 19.4. The Hall–Kier alpha value is -3.56. The quantitative estimate of drug-likeness (QED) is 0.628. The van der Waals surface area contributed by atoms with Crippen LogP contribution >= 0.6 is 0 Å². The molecule has 0 radical (unpaired) electrons. The fourth-order valence-electron chi connectivity index (χ4n) is 3.85. The van der Waals surface area contributed by atoms with Gasteiger partial charge in [-0.25, -0.2) is 14.8 Å². The maximum absolute atomic E-state index is 13.0. The summed E-state index contributed by atoms with van der Waals surface area (Å²) in [6.45, 7) is 1.43. The second-order valence-corrected chi connectivity index (χ2v) is 7.96. The van der Waals surface area contributed by atoms with Crippen LogP contribution in [-0.2, 0) is 17.6 Å². The van der Waals surface area contributed by atoms with Crippen molar-refractivity contribution >= 4 is 22.8 Å². The predicted molar refractivity (Wildman–Crippen MR) is 113 cm³/mol. The molecule has 3 aromatic rings. The SMILES string of the molecule is O=C(O)C(F)(F)F.O=C(c1ccc2ncccc2c1)N1CCc2ncnc(C3CC3)c2CC1. The molecule has 1 aliphatic carbocycles. The number of hydrogen-bond donors (Lipinski definition) is 1. The van der Waals surface area contributed by atoms with Crippen molar-refractivity contribution in [2.24, 2.45) is 0 Å². The first-order valence-corrected chi connectivity index (χ1v) is 10.5. The Kier molecular flexibility index (Phi) is 6.26. The normalized spacial score (nSPS) is 15.8. The van der Waals surface area contributed by atoms with Crippen LogP contribution in [0.2, 0.25) is 0 Å². The molecule has 7 nitrogen and oxygen atoms in total. The van der Waals surface area contributed by atoms with Crippen LogP contribution in [0.5, 0.6) is 0 Å². The molecule has 1 fully saturated rings. The molecule has 172 valence electrons. The number of carboxylic acids is 1. The van der Waals surface area contributed by atoms with Crippen molar-refractivity contribution in [2.75, 3.05) is 13.1 Å². The summed E-state index contributed by atoms with van der Waals surface area (Å²) in [6, 6.07) is 9.64. The maximum Gasteiger partial charge on any atom is 0.490 e. The molecule has 1 amide bonds. The van der Waals surface area contributed by atoms with Gasteiger partial charge in [-0.1, -0.05) is 6.07 Å². The molecule has 0 spiro atoms. The summed E-state index contributed by atoms with van der Waals surface area (Å²) in [5.41, 5.74) is 5.27. The van der Waals surface area contributed by atoms with E-state index < -0.39 is 12.1 Å². The molecule has 1 N–H and O–H groups in total. The Bertz CT molecular complexity index is 1200. The van der Waals surface area contributed by atoms with Crippen molar-refractivity contribution in [1.82, 2.24) is 19.9 Å². The van der Waals surface area contributed by atoms with Crippen LogP contribution in [0.15, 0.2) is 42.9 Å². The molecule has 2 aliphatic rings. The van der Waals surface area contributed by atoms with E-state index in [0.29, 0.717) is 12.5 Å². The van der Waals surface area contributed by atoms with Gasteiger partial charge >= 0.3 is 12.1 Å². The number of carbonyl (C=O) groups excluding carboxylic acids is 1. The number of halogens is 3. The second-order valence-electron chi connectivity index (χ2n) is 7.96. The number of benzene rings is 1. The molecule has 10 heteroatoms. The summed E-state index contributed by atoms with van der Waals surface area (Å²) >= 11 is 0. The molecule has 1 saturated carbocycles. The minimum Gasteiger partial charge on any atom is -0.475 e. The largest absolute Gasteiger partial charge is 0.490 e. The van der Waals surface area contributed by atoms with Crippen molar-refractivity contribution < 1.29 is 27.9 Å². The van der Waals surface area contributed by atoms with E-state index in [9.17, 15) is 18.0 Å². The monoisotopic (exact) mass is 458 g/mol. The van der Waals surface area contributed by atoms with E-state index in [4.69, 9.17) is 9.90 Å². The summed E-state index contributed by atoms with van der Waals surface area (Å²) in [4.78, 5) is 37.3. The summed E-state index contributed by atoms with van der Waals surface area (Å²) in [6.07, 6.45) is 2.50. The van der Waals surface area contributed by atoms with Crippen LogP contribution in [-0.4, -0.2) is 56.1 Å². The molecule has 0 bridgehead atoms. The number of aromatic nitrogens is 3. The highest BCUT2D eigenvalue weighted by Crippen LogP contribution is 2.41. The molecule has 5 rings (SSSR count). The molecular weight excluding hydrogens is 437 g/mol. The fraction of sp³-hybridized carbons (Fsp3) is 0.348. The van der Waals surface area contributed by atoms with Gasteiger partial charge in [0.05, 0.1) is 11.2 Å². The summed E-state index contributed by atoms with van der Waals surface area (Å²) in [5, 5.41) is 8.12. The summed E-state index contributed by atoms with van der Waals surface area (Å²) in [5.74, 6) is -2.06. The van der Waals surface area contributed by atoms with Crippen LogP contribution < -0.4 is 0 Å². The molecule has 33 heavy (non-hydrogen) atoms. The average molecular weight is 458 g/mol. The van der Waals surface area contributed by atoms with E-state index in [1.165, 1.54) is 24.1 Å². The third-order valence-corrected chi connectivity index (χ3v) is 5.66. The molecule has 1 aromatic carbocycles. The minimum absolute atomic E-state index is 0.0875. The Morgan fingerprint density at radius 1 is 1.03 bits per heavy atom. The van der Waals surface area contributed by atoms with Crippen LogP contribution in [0.3, 0.4) is 0 Å². The van der Waals surface area contributed by atoms with Crippen molar-refractivity contribution in [3.8, 4) is 0 Å². The number of rotatable bonds is 2.